The number of hydrogen-bond donors (Lipinski definition) is 1. The van der Waals surface area contributed by atoms with Crippen LogP contribution in [0.25, 0.3) is 0 Å². The highest BCUT2D eigenvalue weighted by atomic mass is 32.1. The van der Waals surface area contributed by atoms with Gasteiger partial charge in [0, 0.05) is 6.04 Å². The molecule has 0 aliphatic heterocycles. The van der Waals surface area contributed by atoms with Crippen LogP contribution in [-0.4, -0.2) is 9.59 Å². The van der Waals surface area contributed by atoms with Gasteiger partial charge >= 0.3 is 0 Å². The summed E-state index contributed by atoms with van der Waals surface area (Å²) in [5.41, 5.74) is 7.42. The molecule has 4 heteroatoms. The van der Waals surface area contributed by atoms with Crippen LogP contribution in [0.5, 0.6) is 0 Å². The molecule has 0 spiro atoms. The molecule has 1 unspecified atom stereocenters. The highest BCUT2D eigenvalue weighted by Crippen LogP contribution is 2.37. The normalized spacial score (nSPS) is 20.0. The van der Waals surface area contributed by atoms with Crippen molar-refractivity contribution in [1.29, 1.82) is 0 Å². The quantitative estimate of drug-likeness (QED) is 0.860. The minimum atomic E-state index is 0.171. The molecular formula is C11H19N3S. The Morgan fingerprint density at radius 1 is 1.33 bits per heavy atom. The molecule has 0 aromatic carbocycles. The minimum Gasteiger partial charge on any atom is -0.323 e. The van der Waals surface area contributed by atoms with E-state index in [0.717, 1.165) is 5.69 Å². The first kappa shape index (κ1) is 11.0. The van der Waals surface area contributed by atoms with Crippen LogP contribution in [0.15, 0.2) is 0 Å². The Morgan fingerprint density at radius 3 is 2.60 bits per heavy atom. The monoisotopic (exact) mass is 225 g/mol. The highest BCUT2D eigenvalue weighted by molar-refractivity contribution is 7.05. The van der Waals surface area contributed by atoms with Crippen LogP contribution in [0, 0.1) is 5.92 Å². The first-order chi connectivity index (χ1) is 7.20. The average Bonchev–Trinajstić information content (AvgIpc) is 2.88. The molecule has 1 aliphatic carbocycles. The molecule has 2 N–H and O–H groups in total. The van der Waals surface area contributed by atoms with Crippen LogP contribution in [-0.2, 0) is 0 Å². The molecule has 1 fully saturated rings. The third-order valence-corrected chi connectivity index (χ3v) is 4.14. The molecule has 1 aromatic rings. The van der Waals surface area contributed by atoms with Crippen LogP contribution >= 0.6 is 11.5 Å². The Labute approximate surface area is 95.2 Å². The van der Waals surface area contributed by atoms with Gasteiger partial charge in [-0.2, -0.15) is 0 Å². The lowest BCUT2D eigenvalue weighted by Gasteiger charge is -2.18. The lowest BCUT2D eigenvalue weighted by Crippen LogP contribution is -2.19. The van der Waals surface area contributed by atoms with E-state index in [0.29, 0.717) is 11.8 Å². The molecule has 1 aromatic heterocycles. The number of aromatic nitrogens is 2. The molecule has 1 atom stereocenters. The topological polar surface area (TPSA) is 51.8 Å². The number of nitrogens with zero attached hydrogens (tertiary/aromatic N) is 2. The summed E-state index contributed by atoms with van der Waals surface area (Å²) in [4.78, 5) is 1.22. The Balaban J connectivity index is 2.16. The predicted molar refractivity (Wildman–Crippen MR) is 62.9 cm³/mol. The van der Waals surface area contributed by atoms with Gasteiger partial charge in [-0.15, -0.1) is 5.10 Å². The number of hydrogen-bond acceptors (Lipinski definition) is 4. The molecule has 15 heavy (non-hydrogen) atoms. The second-order valence-electron chi connectivity index (χ2n) is 4.75. The zero-order valence-electron chi connectivity index (χ0n) is 9.44. The fourth-order valence-electron chi connectivity index (χ4n) is 2.37. The Hall–Kier alpha value is -0.480. The van der Waals surface area contributed by atoms with Crippen molar-refractivity contribution in [3.05, 3.63) is 10.6 Å². The summed E-state index contributed by atoms with van der Waals surface area (Å²) in [6, 6.07) is 0.171. The van der Waals surface area contributed by atoms with Crippen LogP contribution in [0.3, 0.4) is 0 Å². The first-order valence-corrected chi connectivity index (χ1v) is 6.55. The van der Waals surface area contributed by atoms with Crippen LogP contribution in [0.4, 0.5) is 0 Å². The van der Waals surface area contributed by atoms with Crippen LogP contribution < -0.4 is 5.73 Å². The van der Waals surface area contributed by atoms with E-state index in [4.69, 9.17) is 5.73 Å². The number of nitrogens with two attached hydrogens (primary N) is 1. The van der Waals surface area contributed by atoms with Crippen LogP contribution in [0.1, 0.15) is 62.1 Å². The van der Waals surface area contributed by atoms with Crippen molar-refractivity contribution in [3.8, 4) is 0 Å². The predicted octanol–water partition coefficient (Wildman–Crippen LogP) is 2.85. The van der Waals surface area contributed by atoms with Crippen LogP contribution in [0.2, 0.25) is 0 Å². The molecule has 84 valence electrons. The lowest BCUT2D eigenvalue weighted by molar-refractivity contribution is 0.446. The van der Waals surface area contributed by atoms with Gasteiger partial charge in [0.1, 0.15) is 0 Å². The fourth-order valence-corrected chi connectivity index (χ4v) is 3.27. The molecule has 0 bridgehead atoms. The molecule has 0 amide bonds. The molecular weight excluding hydrogens is 206 g/mol. The van der Waals surface area contributed by atoms with Crippen molar-refractivity contribution in [2.75, 3.05) is 0 Å². The Kier molecular flexibility index (Phi) is 3.36. The maximum atomic E-state index is 6.31. The molecule has 1 heterocycles. The summed E-state index contributed by atoms with van der Waals surface area (Å²) in [6.07, 6.45) is 5.22. The van der Waals surface area contributed by atoms with Gasteiger partial charge in [-0.1, -0.05) is 31.2 Å². The molecule has 0 saturated heterocycles. The van der Waals surface area contributed by atoms with Gasteiger partial charge in [0.2, 0.25) is 0 Å². The second kappa shape index (κ2) is 4.58. The number of rotatable bonds is 3. The smallest absolute Gasteiger partial charge is 0.0829 e. The second-order valence-corrected chi connectivity index (χ2v) is 5.53. The van der Waals surface area contributed by atoms with Crippen molar-refractivity contribution in [1.82, 2.24) is 9.59 Å². The summed E-state index contributed by atoms with van der Waals surface area (Å²) in [5, 5.41) is 4.20. The Bertz CT molecular complexity index is 315. The fraction of sp³-hybridized carbons (Fsp3) is 0.818. The largest absolute Gasteiger partial charge is 0.323 e. The third kappa shape index (κ3) is 2.21. The molecule has 1 saturated carbocycles. The standard InChI is InChI=1S/C11H19N3S/c1-7(2)10-11(15-14-13-10)9(12)8-5-3-4-6-8/h7-9H,3-6,12H2,1-2H3. The summed E-state index contributed by atoms with van der Waals surface area (Å²) < 4.78 is 4.05. The maximum absolute atomic E-state index is 6.31. The van der Waals surface area contributed by atoms with E-state index in [1.807, 2.05) is 0 Å². The summed E-state index contributed by atoms with van der Waals surface area (Å²) >= 11 is 1.49. The van der Waals surface area contributed by atoms with E-state index >= 15 is 0 Å². The van der Waals surface area contributed by atoms with Gasteiger partial charge < -0.3 is 5.73 Å². The van der Waals surface area contributed by atoms with Crippen molar-refractivity contribution in [2.45, 2.75) is 51.5 Å². The van der Waals surface area contributed by atoms with Gasteiger partial charge in [-0.3, -0.25) is 0 Å². The minimum absolute atomic E-state index is 0.171. The zero-order valence-corrected chi connectivity index (χ0v) is 10.3. The van der Waals surface area contributed by atoms with Crippen molar-refractivity contribution in [3.63, 3.8) is 0 Å². The third-order valence-electron chi connectivity index (χ3n) is 3.30. The van der Waals surface area contributed by atoms with E-state index in [9.17, 15) is 0 Å². The highest BCUT2D eigenvalue weighted by Gasteiger charge is 2.27. The van der Waals surface area contributed by atoms with E-state index in [2.05, 4.69) is 23.4 Å². The zero-order chi connectivity index (χ0) is 10.8. The van der Waals surface area contributed by atoms with Gasteiger partial charge in [-0.25, -0.2) is 0 Å². The van der Waals surface area contributed by atoms with E-state index < -0.39 is 0 Å². The summed E-state index contributed by atoms with van der Waals surface area (Å²) in [6.45, 7) is 4.31. The van der Waals surface area contributed by atoms with Gasteiger partial charge in [0.15, 0.2) is 0 Å². The SMILES string of the molecule is CC(C)c1nnsc1C(N)C1CCCC1. The summed E-state index contributed by atoms with van der Waals surface area (Å²) in [7, 11) is 0. The molecule has 3 nitrogen and oxygen atoms in total. The van der Waals surface area contributed by atoms with Crippen molar-refractivity contribution < 1.29 is 0 Å². The van der Waals surface area contributed by atoms with E-state index in [1.54, 1.807) is 0 Å². The molecule has 2 rings (SSSR count). The van der Waals surface area contributed by atoms with Gasteiger partial charge in [0.05, 0.1) is 10.6 Å². The molecule has 0 radical (unpaired) electrons. The molecule has 1 aliphatic rings. The summed E-state index contributed by atoms with van der Waals surface area (Å²) in [5.74, 6) is 1.09. The van der Waals surface area contributed by atoms with E-state index in [-0.39, 0.29) is 6.04 Å². The van der Waals surface area contributed by atoms with Gasteiger partial charge in [0.25, 0.3) is 0 Å². The lowest BCUT2D eigenvalue weighted by atomic mass is 9.94. The van der Waals surface area contributed by atoms with Crippen molar-refractivity contribution >= 4 is 11.5 Å². The Morgan fingerprint density at radius 2 is 2.00 bits per heavy atom. The average molecular weight is 225 g/mol. The first-order valence-electron chi connectivity index (χ1n) is 5.78. The van der Waals surface area contributed by atoms with Gasteiger partial charge in [-0.05, 0) is 36.2 Å². The van der Waals surface area contributed by atoms with Crippen molar-refractivity contribution in [2.24, 2.45) is 11.7 Å². The van der Waals surface area contributed by atoms with E-state index in [1.165, 1.54) is 42.1 Å². The maximum Gasteiger partial charge on any atom is 0.0829 e.